The summed E-state index contributed by atoms with van der Waals surface area (Å²) in [4.78, 5) is 12.0. The lowest BCUT2D eigenvalue weighted by atomic mass is 10.2. The Morgan fingerprint density at radius 1 is 1.40 bits per heavy atom. The molecule has 1 atom stereocenters. The Morgan fingerprint density at radius 2 is 2.15 bits per heavy atom. The molecule has 20 heavy (non-hydrogen) atoms. The first-order valence-corrected chi connectivity index (χ1v) is 6.24. The first kappa shape index (κ1) is 13.9. The van der Waals surface area contributed by atoms with Gasteiger partial charge in [-0.05, 0) is 26.0 Å². The molecule has 0 spiro atoms. The molecule has 2 rings (SSSR count). The third kappa shape index (κ3) is 3.28. The number of carbonyl (C=O) groups is 1. The minimum atomic E-state index is -0.447. The number of benzene rings is 1. The maximum absolute atomic E-state index is 12.0. The minimum absolute atomic E-state index is 0.216. The number of aromatic nitrogens is 1. The zero-order chi connectivity index (χ0) is 14.5. The van der Waals surface area contributed by atoms with Gasteiger partial charge in [-0.1, -0.05) is 17.3 Å². The summed E-state index contributed by atoms with van der Waals surface area (Å²) in [5.74, 6) is 0.802. The molecule has 0 saturated carbocycles. The monoisotopic (exact) mass is 275 g/mol. The molecule has 0 aliphatic carbocycles. The van der Waals surface area contributed by atoms with E-state index in [1.165, 1.54) is 0 Å². The molecule has 0 aliphatic heterocycles. The average Bonchev–Trinajstić information content (AvgIpc) is 2.84. The molecule has 1 amide bonds. The second-order valence-corrected chi connectivity index (χ2v) is 4.39. The van der Waals surface area contributed by atoms with Gasteiger partial charge in [0.1, 0.15) is 11.8 Å². The summed E-state index contributed by atoms with van der Waals surface area (Å²) in [7, 11) is 1.59. The van der Waals surface area contributed by atoms with Gasteiger partial charge in [0.2, 0.25) is 11.8 Å². The molecule has 1 aromatic heterocycles. The number of para-hydroxylation sites is 2. The predicted molar refractivity (Wildman–Crippen MR) is 75.9 cm³/mol. The Balaban J connectivity index is 2.00. The summed E-state index contributed by atoms with van der Waals surface area (Å²) in [5, 5.41) is 9.45. The lowest BCUT2D eigenvalue weighted by Crippen LogP contribution is -2.31. The Morgan fingerprint density at radius 3 is 2.80 bits per heavy atom. The fourth-order valence-electron chi connectivity index (χ4n) is 1.71. The van der Waals surface area contributed by atoms with Gasteiger partial charge in [-0.15, -0.1) is 0 Å². The van der Waals surface area contributed by atoms with Crippen molar-refractivity contribution in [3.63, 3.8) is 0 Å². The molecule has 0 aliphatic rings. The number of rotatable bonds is 5. The number of anilines is 2. The Hall–Kier alpha value is -2.50. The number of carbonyl (C=O) groups excluding carboxylic acids is 1. The predicted octanol–water partition coefficient (Wildman–Crippen LogP) is 2.43. The van der Waals surface area contributed by atoms with Gasteiger partial charge in [-0.2, -0.15) is 0 Å². The van der Waals surface area contributed by atoms with Gasteiger partial charge in [-0.3, -0.25) is 10.1 Å². The lowest BCUT2D eigenvalue weighted by Gasteiger charge is -2.16. The number of amides is 1. The molecule has 0 saturated heterocycles. The normalized spacial score (nSPS) is 11.8. The van der Waals surface area contributed by atoms with E-state index in [9.17, 15) is 4.79 Å². The van der Waals surface area contributed by atoms with Gasteiger partial charge < -0.3 is 14.6 Å². The zero-order valence-electron chi connectivity index (χ0n) is 11.6. The molecule has 1 aromatic carbocycles. The van der Waals surface area contributed by atoms with Crippen molar-refractivity contribution in [2.75, 3.05) is 17.7 Å². The van der Waals surface area contributed by atoms with Crippen molar-refractivity contribution in [2.45, 2.75) is 19.9 Å². The van der Waals surface area contributed by atoms with E-state index in [2.05, 4.69) is 15.8 Å². The van der Waals surface area contributed by atoms with Crippen LogP contribution in [0.3, 0.4) is 0 Å². The highest BCUT2D eigenvalue weighted by Crippen LogP contribution is 2.23. The Bertz CT molecular complexity index is 595. The molecule has 1 heterocycles. The minimum Gasteiger partial charge on any atom is -0.495 e. The first-order valence-electron chi connectivity index (χ1n) is 6.24. The molecule has 2 N–H and O–H groups in total. The molecule has 0 fully saturated rings. The van der Waals surface area contributed by atoms with Crippen LogP contribution >= 0.6 is 0 Å². The summed E-state index contributed by atoms with van der Waals surface area (Å²) in [6, 6.07) is 8.62. The van der Waals surface area contributed by atoms with Crippen LogP contribution in [-0.4, -0.2) is 24.2 Å². The Labute approximate surface area is 117 Å². The van der Waals surface area contributed by atoms with Gasteiger partial charge in [0.05, 0.1) is 18.5 Å². The summed E-state index contributed by atoms with van der Waals surface area (Å²) >= 11 is 0. The summed E-state index contributed by atoms with van der Waals surface area (Å²) < 4.78 is 10.2. The van der Waals surface area contributed by atoms with E-state index in [1.807, 2.05) is 24.3 Å². The highest BCUT2D eigenvalue weighted by atomic mass is 16.5. The van der Waals surface area contributed by atoms with Crippen LogP contribution in [0.1, 0.15) is 12.6 Å². The fraction of sp³-hybridized carbons (Fsp3) is 0.286. The SMILES string of the molecule is COc1ccccc1N[C@@H](C)C(=O)Nc1cc(C)no1. The van der Waals surface area contributed by atoms with Gasteiger partial charge in [-0.25, -0.2) is 0 Å². The van der Waals surface area contributed by atoms with E-state index >= 15 is 0 Å². The number of aryl methyl sites for hydroxylation is 1. The van der Waals surface area contributed by atoms with Crippen molar-refractivity contribution in [1.82, 2.24) is 5.16 Å². The third-order valence-corrected chi connectivity index (χ3v) is 2.75. The number of hydrogen-bond donors (Lipinski definition) is 2. The van der Waals surface area contributed by atoms with E-state index in [4.69, 9.17) is 9.26 Å². The average molecular weight is 275 g/mol. The molecule has 0 unspecified atom stereocenters. The van der Waals surface area contributed by atoms with Gasteiger partial charge in [0.25, 0.3) is 0 Å². The zero-order valence-corrected chi connectivity index (χ0v) is 11.6. The van der Waals surface area contributed by atoms with Crippen molar-refractivity contribution in [1.29, 1.82) is 0 Å². The van der Waals surface area contributed by atoms with Crippen molar-refractivity contribution in [3.05, 3.63) is 36.0 Å². The van der Waals surface area contributed by atoms with Crippen molar-refractivity contribution >= 4 is 17.5 Å². The lowest BCUT2D eigenvalue weighted by molar-refractivity contribution is -0.116. The van der Waals surface area contributed by atoms with Crippen LogP contribution in [0.2, 0.25) is 0 Å². The molecule has 6 nitrogen and oxygen atoms in total. The Kier molecular flexibility index (Phi) is 4.24. The standard InChI is InChI=1S/C14H17N3O3/c1-9-8-13(20-17-9)16-14(18)10(2)15-11-6-4-5-7-12(11)19-3/h4-8,10,15H,1-3H3,(H,16,18)/t10-/m0/s1. The summed E-state index contributed by atoms with van der Waals surface area (Å²) in [6.45, 7) is 3.54. The van der Waals surface area contributed by atoms with Crippen LogP contribution in [0, 0.1) is 6.92 Å². The van der Waals surface area contributed by atoms with Crippen LogP contribution in [0.15, 0.2) is 34.9 Å². The molecule has 0 radical (unpaired) electrons. The van der Waals surface area contributed by atoms with E-state index in [0.717, 1.165) is 5.69 Å². The highest BCUT2D eigenvalue weighted by Gasteiger charge is 2.16. The van der Waals surface area contributed by atoms with Gasteiger partial charge in [0.15, 0.2) is 0 Å². The van der Waals surface area contributed by atoms with Crippen LogP contribution in [0.25, 0.3) is 0 Å². The molecular formula is C14H17N3O3. The van der Waals surface area contributed by atoms with E-state index in [-0.39, 0.29) is 5.91 Å². The quantitative estimate of drug-likeness (QED) is 0.876. The van der Waals surface area contributed by atoms with Crippen molar-refractivity contribution in [3.8, 4) is 5.75 Å². The number of hydrogen-bond acceptors (Lipinski definition) is 5. The third-order valence-electron chi connectivity index (χ3n) is 2.75. The molecule has 6 heteroatoms. The smallest absolute Gasteiger partial charge is 0.248 e. The maximum Gasteiger partial charge on any atom is 0.248 e. The molecule has 106 valence electrons. The number of nitrogens with zero attached hydrogens (tertiary/aromatic N) is 1. The van der Waals surface area contributed by atoms with Crippen LogP contribution in [0.4, 0.5) is 11.6 Å². The second-order valence-electron chi connectivity index (χ2n) is 4.39. The molecular weight excluding hydrogens is 258 g/mol. The van der Waals surface area contributed by atoms with Gasteiger partial charge >= 0.3 is 0 Å². The number of ether oxygens (including phenoxy) is 1. The van der Waals surface area contributed by atoms with Crippen molar-refractivity contribution < 1.29 is 14.1 Å². The second kappa shape index (κ2) is 6.10. The number of methoxy groups -OCH3 is 1. The van der Waals surface area contributed by atoms with E-state index in [1.54, 1.807) is 27.0 Å². The number of nitrogens with one attached hydrogen (secondary N) is 2. The summed E-state index contributed by atoms with van der Waals surface area (Å²) in [6.07, 6.45) is 0. The van der Waals surface area contributed by atoms with E-state index < -0.39 is 6.04 Å². The van der Waals surface area contributed by atoms with E-state index in [0.29, 0.717) is 17.3 Å². The van der Waals surface area contributed by atoms with Crippen LogP contribution in [-0.2, 0) is 4.79 Å². The highest BCUT2D eigenvalue weighted by molar-refractivity contribution is 5.95. The van der Waals surface area contributed by atoms with Gasteiger partial charge in [0, 0.05) is 6.07 Å². The van der Waals surface area contributed by atoms with Crippen LogP contribution < -0.4 is 15.4 Å². The molecule has 0 bridgehead atoms. The topological polar surface area (TPSA) is 76.4 Å². The fourth-order valence-corrected chi connectivity index (χ4v) is 1.71. The molecule has 2 aromatic rings. The van der Waals surface area contributed by atoms with Crippen molar-refractivity contribution in [2.24, 2.45) is 0 Å². The first-order chi connectivity index (χ1) is 9.60. The van der Waals surface area contributed by atoms with Crippen LogP contribution in [0.5, 0.6) is 5.75 Å². The summed E-state index contributed by atoms with van der Waals surface area (Å²) in [5.41, 5.74) is 1.47. The maximum atomic E-state index is 12.0. The largest absolute Gasteiger partial charge is 0.495 e.